The highest BCUT2D eigenvalue weighted by Crippen LogP contribution is 2.27. The van der Waals surface area contributed by atoms with Crippen molar-refractivity contribution in [2.45, 2.75) is 45.4 Å². The van der Waals surface area contributed by atoms with Gasteiger partial charge in [0.1, 0.15) is 35.7 Å². The summed E-state index contributed by atoms with van der Waals surface area (Å²) in [5, 5.41) is 24.7. The number of β-amino-alcohol motifs (C(OH)–C–C–N with tert-alkyl or cyclic N) is 1. The van der Waals surface area contributed by atoms with Gasteiger partial charge >= 0.3 is 0 Å². The summed E-state index contributed by atoms with van der Waals surface area (Å²) in [6.07, 6.45) is 1.29. The first-order valence-electron chi connectivity index (χ1n) is 13.4. The number of para-hydroxylation sites is 1. The van der Waals surface area contributed by atoms with Gasteiger partial charge in [0.15, 0.2) is 0 Å². The van der Waals surface area contributed by atoms with Crippen LogP contribution < -0.4 is 14.8 Å². The number of rotatable bonds is 10. The molecule has 1 saturated heterocycles. The van der Waals surface area contributed by atoms with Crippen molar-refractivity contribution < 1.29 is 19.7 Å². The molecule has 9 heteroatoms. The molecule has 2 aromatic carbocycles. The van der Waals surface area contributed by atoms with Crippen molar-refractivity contribution in [3.8, 4) is 17.2 Å². The molecule has 3 heterocycles. The molecule has 1 aliphatic rings. The minimum absolute atomic E-state index is 0.184. The lowest BCUT2D eigenvalue weighted by Gasteiger charge is -2.33. The van der Waals surface area contributed by atoms with Crippen molar-refractivity contribution in [3.05, 3.63) is 71.5 Å². The van der Waals surface area contributed by atoms with Gasteiger partial charge in [0.05, 0.1) is 24.7 Å². The average Bonchev–Trinajstić information content (AvgIpc) is 3.29. The average molecular weight is 532 g/mol. The van der Waals surface area contributed by atoms with E-state index >= 15 is 0 Å². The number of benzene rings is 2. The Hall–Kier alpha value is -3.82. The maximum absolute atomic E-state index is 10.5. The second-order valence-corrected chi connectivity index (χ2v) is 10.2. The number of aliphatic hydroxyl groups excluding tert-OH is 1. The fraction of sp³-hybridized carbons (Fsp3) is 0.400. The van der Waals surface area contributed by atoms with Crippen LogP contribution in [-0.2, 0) is 6.54 Å². The molecule has 1 aliphatic heterocycles. The number of anilines is 1. The number of pyridine rings is 1. The van der Waals surface area contributed by atoms with E-state index in [1.54, 1.807) is 13.2 Å². The maximum atomic E-state index is 10.5. The Labute approximate surface area is 229 Å². The third-order valence-corrected chi connectivity index (χ3v) is 7.27. The summed E-state index contributed by atoms with van der Waals surface area (Å²) < 4.78 is 13.0. The Balaban J connectivity index is 1.20. The number of hydrogen-bond donors (Lipinski definition) is 3. The number of aromatic nitrogens is 3. The SMILES string of the molecule is COc1ccc(OCC(O)CN2CCC(Nc3nc4c(C)cccc4n3Cc3nc(C)ccc3O)CC2)cc1. The molecule has 4 aromatic rings. The van der Waals surface area contributed by atoms with Gasteiger partial charge in [0.2, 0.25) is 5.95 Å². The number of aryl methyl sites for hydroxylation is 2. The first kappa shape index (κ1) is 26.8. The number of likely N-dealkylation sites (tertiary alicyclic amines) is 1. The maximum Gasteiger partial charge on any atom is 0.204 e. The van der Waals surface area contributed by atoms with E-state index in [0.29, 0.717) is 24.5 Å². The summed E-state index contributed by atoms with van der Waals surface area (Å²) in [6.45, 7) is 6.97. The van der Waals surface area contributed by atoms with E-state index in [1.807, 2.05) is 43.3 Å². The molecule has 0 saturated carbocycles. The van der Waals surface area contributed by atoms with Gasteiger partial charge in [-0.1, -0.05) is 12.1 Å². The lowest BCUT2D eigenvalue weighted by molar-refractivity contribution is 0.0604. The number of hydrogen-bond acceptors (Lipinski definition) is 8. The van der Waals surface area contributed by atoms with Gasteiger partial charge in [-0.15, -0.1) is 0 Å². The van der Waals surface area contributed by atoms with Gasteiger partial charge in [-0.2, -0.15) is 0 Å². The van der Waals surface area contributed by atoms with Crippen LogP contribution in [0.4, 0.5) is 5.95 Å². The predicted molar refractivity (Wildman–Crippen MR) is 152 cm³/mol. The fourth-order valence-electron chi connectivity index (χ4n) is 5.08. The van der Waals surface area contributed by atoms with Gasteiger partial charge in [-0.25, -0.2) is 4.98 Å². The molecule has 39 heavy (non-hydrogen) atoms. The minimum atomic E-state index is -0.571. The minimum Gasteiger partial charge on any atom is -0.506 e. The number of methoxy groups -OCH3 is 1. The molecule has 1 unspecified atom stereocenters. The van der Waals surface area contributed by atoms with Crippen molar-refractivity contribution in [2.24, 2.45) is 0 Å². The lowest BCUT2D eigenvalue weighted by Crippen LogP contribution is -2.43. The molecular formula is C30H37N5O4. The Morgan fingerprint density at radius 3 is 2.49 bits per heavy atom. The molecule has 3 N–H and O–H groups in total. The third kappa shape index (κ3) is 6.43. The second kappa shape index (κ2) is 11.9. The third-order valence-electron chi connectivity index (χ3n) is 7.27. The standard InChI is InChI=1S/C30H37N5O4/c1-20-5-4-6-27-29(20)33-30(35(27)18-26-28(37)12-7-21(2)31-26)32-22-13-15-34(16-14-22)17-23(36)19-39-25-10-8-24(38-3)9-11-25/h4-12,22-23,36-37H,13-19H2,1-3H3,(H,32,33). The Bertz CT molecular complexity index is 1400. The van der Waals surface area contributed by atoms with Gasteiger partial charge in [0.25, 0.3) is 0 Å². The molecule has 0 amide bonds. The predicted octanol–water partition coefficient (Wildman–Crippen LogP) is 4.13. The molecule has 9 nitrogen and oxygen atoms in total. The van der Waals surface area contributed by atoms with Gasteiger partial charge < -0.3 is 34.5 Å². The molecule has 5 rings (SSSR count). The van der Waals surface area contributed by atoms with Crippen LogP contribution in [0.2, 0.25) is 0 Å². The molecule has 206 valence electrons. The Kier molecular flexibility index (Phi) is 8.18. The number of fused-ring (bicyclic) bond motifs is 1. The van der Waals surface area contributed by atoms with Crippen molar-refractivity contribution in [3.63, 3.8) is 0 Å². The molecule has 2 aromatic heterocycles. The normalized spacial score (nSPS) is 15.4. The number of ether oxygens (including phenoxy) is 2. The quantitative estimate of drug-likeness (QED) is 0.281. The highest BCUT2D eigenvalue weighted by Gasteiger charge is 2.24. The zero-order valence-electron chi connectivity index (χ0n) is 22.8. The lowest BCUT2D eigenvalue weighted by atomic mass is 10.0. The number of nitrogens with zero attached hydrogens (tertiary/aromatic N) is 4. The Morgan fingerprint density at radius 2 is 1.74 bits per heavy atom. The molecule has 1 atom stereocenters. The molecule has 0 aliphatic carbocycles. The fourth-order valence-corrected chi connectivity index (χ4v) is 5.08. The first-order chi connectivity index (χ1) is 18.9. The van der Waals surface area contributed by atoms with E-state index in [1.165, 1.54) is 0 Å². The van der Waals surface area contributed by atoms with E-state index in [-0.39, 0.29) is 18.4 Å². The summed E-state index contributed by atoms with van der Waals surface area (Å²) in [5.41, 5.74) is 4.56. The number of nitrogens with one attached hydrogen (secondary N) is 1. The number of imidazole rings is 1. The molecule has 1 fully saturated rings. The van der Waals surface area contributed by atoms with Crippen LogP contribution in [0.25, 0.3) is 11.0 Å². The van der Waals surface area contributed by atoms with Crippen LogP contribution in [0, 0.1) is 13.8 Å². The van der Waals surface area contributed by atoms with Crippen LogP contribution in [0.5, 0.6) is 17.2 Å². The van der Waals surface area contributed by atoms with Crippen LogP contribution >= 0.6 is 0 Å². The zero-order chi connectivity index (χ0) is 27.4. The van der Waals surface area contributed by atoms with Crippen LogP contribution in [0.1, 0.15) is 29.8 Å². The number of aromatic hydroxyl groups is 1. The second-order valence-electron chi connectivity index (χ2n) is 10.2. The first-order valence-corrected chi connectivity index (χ1v) is 13.4. The molecular weight excluding hydrogens is 494 g/mol. The summed E-state index contributed by atoms with van der Waals surface area (Å²) in [7, 11) is 1.63. The molecule has 0 bridgehead atoms. The van der Waals surface area contributed by atoms with Gasteiger partial charge in [0, 0.05) is 31.4 Å². The van der Waals surface area contributed by atoms with Crippen molar-refractivity contribution >= 4 is 17.0 Å². The van der Waals surface area contributed by atoms with Crippen LogP contribution in [0.3, 0.4) is 0 Å². The molecule has 0 spiro atoms. The zero-order valence-corrected chi connectivity index (χ0v) is 22.8. The Morgan fingerprint density at radius 1 is 1.00 bits per heavy atom. The summed E-state index contributed by atoms with van der Waals surface area (Å²) in [4.78, 5) is 11.8. The van der Waals surface area contributed by atoms with Crippen LogP contribution in [-0.4, -0.2) is 75.1 Å². The van der Waals surface area contributed by atoms with E-state index in [9.17, 15) is 10.2 Å². The largest absolute Gasteiger partial charge is 0.506 e. The summed E-state index contributed by atoms with van der Waals surface area (Å²) in [5.74, 6) is 2.46. The number of aliphatic hydroxyl groups is 1. The summed E-state index contributed by atoms with van der Waals surface area (Å²) in [6, 6.07) is 17.3. The van der Waals surface area contributed by atoms with Crippen molar-refractivity contribution in [1.29, 1.82) is 0 Å². The molecule has 0 radical (unpaired) electrons. The highest BCUT2D eigenvalue weighted by molar-refractivity contribution is 5.82. The smallest absolute Gasteiger partial charge is 0.204 e. The highest BCUT2D eigenvalue weighted by atomic mass is 16.5. The van der Waals surface area contributed by atoms with E-state index in [2.05, 4.69) is 38.8 Å². The van der Waals surface area contributed by atoms with Crippen molar-refractivity contribution in [2.75, 3.05) is 38.7 Å². The van der Waals surface area contributed by atoms with Crippen molar-refractivity contribution in [1.82, 2.24) is 19.4 Å². The van der Waals surface area contributed by atoms with E-state index in [0.717, 1.165) is 59.9 Å². The topological polar surface area (TPSA) is 105 Å². The summed E-state index contributed by atoms with van der Waals surface area (Å²) >= 11 is 0. The van der Waals surface area contributed by atoms with Gasteiger partial charge in [-0.3, -0.25) is 4.98 Å². The number of piperidine rings is 1. The monoisotopic (exact) mass is 531 g/mol. The van der Waals surface area contributed by atoms with E-state index in [4.69, 9.17) is 14.5 Å². The van der Waals surface area contributed by atoms with Crippen LogP contribution in [0.15, 0.2) is 54.6 Å². The van der Waals surface area contributed by atoms with Gasteiger partial charge in [-0.05, 0) is 74.7 Å². The van der Waals surface area contributed by atoms with E-state index < -0.39 is 6.10 Å².